The van der Waals surface area contributed by atoms with Gasteiger partial charge in [0.15, 0.2) is 0 Å². The molecule has 1 fully saturated rings. The first-order valence-corrected chi connectivity index (χ1v) is 9.68. The topological polar surface area (TPSA) is 69.7 Å². The SMILES string of the molecule is CC1Cc2ccccc2N1C(=O)CCS(=O)(=O)N1CCNCC1. The minimum atomic E-state index is -3.36. The molecule has 0 bridgehead atoms. The summed E-state index contributed by atoms with van der Waals surface area (Å²) in [5.41, 5.74) is 2.07. The number of carbonyl (C=O) groups excluding carboxylic acids is 1. The molecule has 2 aliphatic rings. The summed E-state index contributed by atoms with van der Waals surface area (Å²) in [6.07, 6.45) is 0.859. The first kappa shape index (κ1) is 16.4. The van der Waals surface area contributed by atoms with Crippen molar-refractivity contribution in [2.24, 2.45) is 0 Å². The van der Waals surface area contributed by atoms with E-state index in [1.165, 1.54) is 4.31 Å². The quantitative estimate of drug-likeness (QED) is 0.873. The number of fused-ring (bicyclic) bond motifs is 1. The first-order chi connectivity index (χ1) is 11.0. The average Bonchev–Trinajstić information content (AvgIpc) is 2.89. The first-order valence-electron chi connectivity index (χ1n) is 8.07. The van der Waals surface area contributed by atoms with Crippen molar-refractivity contribution in [3.8, 4) is 0 Å². The Labute approximate surface area is 137 Å². The lowest BCUT2D eigenvalue weighted by Gasteiger charge is -2.27. The van der Waals surface area contributed by atoms with Gasteiger partial charge >= 0.3 is 0 Å². The maximum absolute atomic E-state index is 12.6. The van der Waals surface area contributed by atoms with Gasteiger partial charge in [0.05, 0.1) is 5.75 Å². The van der Waals surface area contributed by atoms with Gasteiger partial charge in [-0.15, -0.1) is 0 Å². The summed E-state index contributed by atoms with van der Waals surface area (Å²) in [6, 6.07) is 7.92. The molecule has 0 radical (unpaired) electrons. The van der Waals surface area contributed by atoms with Crippen LogP contribution >= 0.6 is 0 Å². The molecule has 126 valence electrons. The number of para-hydroxylation sites is 1. The normalized spacial score (nSPS) is 22.1. The number of rotatable bonds is 4. The minimum absolute atomic E-state index is 0.0327. The highest BCUT2D eigenvalue weighted by Gasteiger charge is 2.32. The van der Waals surface area contributed by atoms with E-state index in [1.54, 1.807) is 4.90 Å². The van der Waals surface area contributed by atoms with E-state index in [9.17, 15) is 13.2 Å². The number of benzene rings is 1. The van der Waals surface area contributed by atoms with Crippen molar-refractivity contribution in [1.29, 1.82) is 0 Å². The van der Waals surface area contributed by atoms with Crippen LogP contribution in [0.4, 0.5) is 5.69 Å². The molecule has 1 amide bonds. The number of hydrogen-bond acceptors (Lipinski definition) is 4. The lowest BCUT2D eigenvalue weighted by atomic mass is 10.1. The number of carbonyl (C=O) groups is 1. The van der Waals surface area contributed by atoms with Crippen molar-refractivity contribution in [3.63, 3.8) is 0 Å². The van der Waals surface area contributed by atoms with Gasteiger partial charge in [-0.05, 0) is 25.0 Å². The van der Waals surface area contributed by atoms with Gasteiger partial charge < -0.3 is 10.2 Å². The molecule has 2 aliphatic heterocycles. The van der Waals surface area contributed by atoms with Crippen molar-refractivity contribution in [2.75, 3.05) is 36.8 Å². The Morgan fingerprint density at radius 1 is 1.26 bits per heavy atom. The number of amides is 1. The Bertz CT molecular complexity index is 684. The smallest absolute Gasteiger partial charge is 0.228 e. The second-order valence-electron chi connectivity index (χ2n) is 6.16. The molecule has 7 heteroatoms. The zero-order chi connectivity index (χ0) is 16.4. The second-order valence-corrected chi connectivity index (χ2v) is 8.25. The van der Waals surface area contributed by atoms with Crippen molar-refractivity contribution in [1.82, 2.24) is 9.62 Å². The van der Waals surface area contributed by atoms with Crippen molar-refractivity contribution in [3.05, 3.63) is 29.8 Å². The molecule has 1 unspecified atom stereocenters. The molecular weight excluding hydrogens is 314 g/mol. The Balaban J connectivity index is 1.65. The number of sulfonamides is 1. The maximum atomic E-state index is 12.6. The van der Waals surface area contributed by atoms with Crippen molar-refractivity contribution < 1.29 is 13.2 Å². The van der Waals surface area contributed by atoms with E-state index < -0.39 is 10.0 Å². The van der Waals surface area contributed by atoms with Crippen LogP contribution in [0.3, 0.4) is 0 Å². The van der Waals surface area contributed by atoms with Crippen LogP contribution in [-0.2, 0) is 21.2 Å². The number of piperazine rings is 1. The lowest BCUT2D eigenvalue weighted by Crippen LogP contribution is -2.47. The predicted molar refractivity (Wildman–Crippen MR) is 89.9 cm³/mol. The largest absolute Gasteiger partial charge is 0.314 e. The van der Waals surface area contributed by atoms with Gasteiger partial charge in [-0.1, -0.05) is 18.2 Å². The lowest BCUT2D eigenvalue weighted by molar-refractivity contribution is -0.118. The van der Waals surface area contributed by atoms with Gasteiger partial charge in [-0.3, -0.25) is 4.79 Å². The summed E-state index contributed by atoms with van der Waals surface area (Å²) >= 11 is 0. The van der Waals surface area contributed by atoms with Crippen LogP contribution in [0.15, 0.2) is 24.3 Å². The Hall–Kier alpha value is -1.44. The summed E-state index contributed by atoms with van der Waals surface area (Å²) < 4.78 is 26.2. The van der Waals surface area contributed by atoms with E-state index in [-0.39, 0.29) is 24.1 Å². The van der Waals surface area contributed by atoms with Crippen molar-refractivity contribution >= 4 is 21.6 Å². The van der Waals surface area contributed by atoms with Crippen LogP contribution in [0.25, 0.3) is 0 Å². The van der Waals surface area contributed by atoms with Gasteiger partial charge in [0.2, 0.25) is 15.9 Å². The molecule has 1 aromatic rings. The molecule has 1 saturated heterocycles. The third kappa shape index (κ3) is 3.41. The van der Waals surface area contributed by atoms with E-state index in [0.717, 1.165) is 17.7 Å². The third-order valence-corrected chi connectivity index (χ3v) is 6.39. The van der Waals surface area contributed by atoms with Crippen molar-refractivity contribution in [2.45, 2.75) is 25.8 Å². The summed E-state index contributed by atoms with van der Waals surface area (Å²) in [5.74, 6) is -0.224. The fourth-order valence-corrected chi connectivity index (χ4v) is 4.76. The fraction of sp³-hybridized carbons (Fsp3) is 0.562. The van der Waals surface area contributed by atoms with E-state index in [2.05, 4.69) is 5.32 Å². The van der Waals surface area contributed by atoms with Gasteiger partial charge in [0.25, 0.3) is 0 Å². The van der Waals surface area contributed by atoms with Crippen LogP contribution in [0.2, 0.25) is 0 Å². The Morgan fingerprint density at radius 3 is 2.70 bits per heavy atom. The molecular formula is C16H23N3O3S. The summed E-state index contributed by atoms with van der Waals surface area (Å²) in [6.45, 7) is 4.31. The standard InChI is InChI=1S/C16H23N3O3S/c1-13-12-14-4-2-3-5-15(14)19(13)16(20)6-11-23(21,22)18-9-7-17-8-10-18/h2-5,13,17H,6-12H2,1H3. The summed E-state index contributed by atoms with van der Waals surface area (Å²) in [5, 5.41) is 3.13. The number of nitrogens with one attached hydrogen (secondary N) is 1. The van der Waals surface area contributed by atoms with Crippen LogP contribution in [0.5, 0.6) is 0 Å². The highest BCUT2D eigenvalue weighted by molar-refractivity contribution is 7.89. The van der Waals surface area contributed by atoms with E-state index in [1.807, 2.05) is 31.2 Å². The average molecular weight is 337 g/mol. The number of anilines is 1. The molecule has 0 aromatic heterocycles. The van der Waals surface area contributed by atoms with Gasteiger partial charge in [0.1, 0.15) is 0 Å². The highest BCUT2D eigenvalue weighted by atomic mass is 32.2. The summed E-state index contributed by atoms with van der Waals surface area (Å²) in [4.78, 5) is 14.3. The van der Waals surface area contributed by atoms with E-state index in [4.69, 9.17) is 0 Å². The molecule has 3 rings (SSSR count). The number of nitrogens with zero attached hydrogens (tertiary/aromatic N) is 2. The molecule has 23 heavy (non-hydrogen) atoms. The Morgan fingerprint density at radius 2 is 1.96 bits per heavy atom. The zero-order valence-electron chi connectivity index (χ0n) is 13.4. The molecule has 0 spiro atoms. The predicted octanol–water partition coefficient (Wildman–Crippen LogP) is 0.589. The molecule has 0 saturated carbocycles. The van der Waals surface area contributed by atoms with Gasteiger partial charge in [0, 0.05) is 44.3 Å². The van der Waals surface area contributed by atoms with Gasteiger partial charge in [-0.2, -0.15) is 4.31 Å². The maximum Gasteiger partial charge on any atom is 0.228 e. The molecule has 2 heterocycles. The third-order valence-electron chi connectivity index (χ3n) is 4.52. The van der Waals surface area contributed by atoms with E-state index >= 15 is 0 Å². The summed E-state index contributed by atoms with van der Waals surface area (Å²) in [7, 11) is -3.36. The molecule has 0 aliphatic carbocycles. The minimum Gasteiger partial charge on any atom is -0.314 e. The van der Waals surface area contributed by atoms with Gasteiger partial charge in [-0.25, -0.2) is 8.42 Å². The zero-order valence-corrected chi connectivity index (χ0v) is 14.2. The van der Waals surface area contributed by atoms with E-state index in [0.29, 0.717) is 26.2 Å². The Kier molecular flexibility index (Phi) is 4.70. The second kappa shape index (κ2) is 6.59. The molecule has 6 nitrogen and oxygen atoms in total. The van der Waals surface area contributed by atoms with Crippen LogP contribution in [0.1, 0.15) is 18.9 Å². The molecule has 1 aromatic carbocycles. The van der Waals surface area contributed by atoms with Crippen LogP contribution in [0, 0.1) is 0 Å². The van der Waals surface area contributed by atoms with Crippen LogP contribution in [-0.4, -0.2) is 56.6 Å². The molecule has 1 N–H and O–H groups in total. The molecule has 1 atom stereocenters. The van der Waals surface area contributed by atoms with Crippen LogP contribution < -0.4 is 10.2 Å². The fourth-order valence-electron chi connectivity index (χ4n) is 3.33. The highest BCUT2D eigenvalue weighted by Crippen LogP contribution is 2.32. The monoisotopic (exact) mass is 337 g/mol. The number of hydrogen-bond donors (Lipinski definition) is 1.